The summed E-state index contributed by atoms with van der Waals surface area (Å²) in [5.74, 6) is 0.0984. The summed E-state index contributed by atoms with van der Waals surface area (Å²) in [4.78, 5) is 22.6. The normalized spacial score (nSPS) is 12.7. The summed E-state index contributed by atoms with van der Waals surface area (Å²) in [7, 11) is 0. The Labute approximate surface area is 111 Å². The molecule has 0 fully saturated rings. The van der Waals surface area contributed by atoms with Crippen LogP contribution >= 0.6 is 11.8 Å². The second-order valence-corrected chi connectivity index (χ2v) is 5.57. The molecule has 7 nitrogen and oxygen atoms in total. The van der Waals surface area contributed by atoms with Gasteiger partial charge in [0.15, 0.2) is 0 Å². The van der Waals surface area contributed by atoms with E-state index in [1.165, 1.54) is 0 Å². The Kier molecular flexibility index (Phi) is 7.72. The zero-order chi connectivity index (χ0) is 14.2. The van der Waals surface area contributed by atoms with E-state index in [-0.39, 0.29) is 0 Å². The van der Waals surface area contributed by atoms with E-state index in [0.717, 1.165) is 0 Å². The van der Waals surface area contributed by atoms with Crippen LogP contribution in [0, 0.1) is 0 Å². The number of thioether (sulfide) groups is 1. The van der Waals surface area contributed by atoms with Crippen LogP contribution in [0.3, 0.4) is 0 Å². The third-order valence-corrected chi connectivity index (χ3v) is 2.43. The minimum Gasteiger partial charge on any atom is -0.443 e. The largest absolute Gasteiger partial charge is 0.443 e. The van der Waals surface area contributed by atoms with E-state index >= 15 is 0 Å². The lowest BCUT2D eigenvalue weighted by atomic mass is 10.2. The summed E-state index contributed by atoms with van der Waals surface area (Å²) < 4.78 is 4.99. The Morgan fingerprint density at radius 2 is 2.00 bits per heavy atom. The SMILES string of the molecule is CSCCC(NNC(=O)OC(C)(C)C)C(=O)NO. The van der Waals surface area contributed by atoms with Gasteiger partial charge in [-0.2, -0.15) is 11.8 Å². The Morgan fingerprint density at radius 1 is 1.39 bits per heavy atom. The van der Waals surface area contributed by atoms with E-state index in [9.17, 15) is 9.59 Å². The maximum Gasteiger partial charge on any atom is 0.422 e. The van der Waals surface area contributed by atoms with Crippen molar-refractivity contribution >= 4 is 23.8 Å². The molecule has 0 bridgehead atoms. The first-order valence-corrected chi connectivity index (χ1v) is 6.87. The van der Waals surface area contributed by atoms with Crippen molar-refractivity contribution in [3.63, 3.8) is 0 Å². The molecule has 0 radical (unpaired) electrons. The highest BCUT2D eigenvalue weighted by Gasteiger charge is 2.20. The minimum absolute atomic E-state index is 0.462. The van der Waals surface area contributed by atoms with Gasteiger partial charge in [-0.25, -0.2) is 15.7 Å². The first-order valence-electron chi connectivity index (χ1n) is 5.47. The van der Waals surface area contributed by atoms with E-state index in [2.05, 4.69) is 10.9 Å². The highest BCUT2D eigenvalue weighted by Crippen LogP contribution is 2.06. The monoisotopic (exact) mass is 279 g/mol. The number of carbonyl (C=O) groups is 2. The van der Waals surface area contributed by atoms with Gasteiger partial charge in [-0.3, -0.25) is 15.4 Å². The predicted molar refractivity (Wildman–Crippen MR) is 69.2 cm³/mol. The minimum atomic E-state index is -0.713. The zero-order valence-corrected chi connectivity index (χ0v) is 11.9. The molecule has 106 valence electrons. The van der Waals surface area contributed by atoms with Gasteiger partial charge < -0.3 is 4.74 Å². The molecule has 0 aromatic heterocycles. The number of hydrazine groups is 1. The van der Waals surface area contributed by atoms with E-state index in [4.69, 9.17) is 9.94 Å². The van der Waals surface area contributed by atoms with Crippen LogP contribution in [-0.4, -0.2) is 40.9 Å². The number of ether oxygens (including phenoxy) is 1. The topological polar surface area (TPSA) is 99.7 Å². The molecule has 1 unspecified atom stereocenters. The van der Waals surface area contributed by atoms with Crippen molar-refractivity contribution in [2.24, 2.45) is 0 Å². The molecule has 1 atom stereocenters. The van der Waals surface area contributed by atoms with E-state index < -0.39 is 23.6 Å². The second kappa shape index (κ2) is 8.17. The molecule has 8 heteroatoms. The standard InChI is InChI=1S/C10H21N3O4S/c1-10(2,3)17-9(15)12-11-7(5-6-18-4)8(14)13-16/h7,11,16H,5-6H2,1-4H3,(H,12,15)(H,13,14). The van der Waals surface area contributed by atoms with Crippen LogP contribution in [0.5, 0.6) is 0 Å². The fourth-order valence-corrected chi connectivity index (χ4v) is 1.50. The Balaban J connectivity index is 4.17. The van der Waals surface area contributed by atoms with Gasteiger partial charge in [-0.05, 0) is 39.2 Å². The number of hydrogen-bond donors (Lipinski definition) is 4. The zero-order valence-electron chi connectivity index (χ0n) is 11.1. The molecular weight excluding hydrogens is 258 g/mol. The predicted octanol–water partition coefficient (Wildman–Crippen LogP) is 0.643. The number of hydrogen-bond acceptors (Lipinski definition) is 6. The Hall–Kier alpha value is -0.990. The molecule has 4 N–H and O–H groups in total. The van der Waals surface area contributed by atoms with Gasteiger partial charge in [-0.1, -0.05) is 0 Å². The molecular formula is C10H21N3O4S. The summed E-state index contributed by atoms with van der Waals surface area (Å²) in [6.07, 6.45) is 1.68. The van der Waals surface area contributed by atoms with E-state index in [0.29, 0.717) is 12.2 Å². The van der Waals surface area contributed by atoms with Gasteiger partial charge in [-0.15, -0.1) is 0 Å². The van der Waals surface area contributed by atoms with Crippen molar-refractivity contribution in [1.82, 2.24) is 16.3 Å². The molecule has 0 aliphatic rings. The summed E-state index contributed by atoms with van der Waals surface area (Å²) >= 11 is 1.56. The molecule has 0 heterocycles. The average Bonchev–Trinajstić information content (AvgIpc) is 2.26. The third kappa shape index (κ3) is 8.15. The first-order chi connectivity index (χ1) is 8.30. The van der Waals surface area contributed by atoms with Crippen molar-refractivity contribution in [1.29, 1.82) is 0 Å². The van der Waals surface area contributed by atoms with Crippen molar-refractivity contribution in [3.05, 3.63) is 0 Å². The molecule has 2 amide bonds. The summed E-state index contributed by atoms with van der Waals surface area (Å²) in [6.45, 7) is 5.20. The number of nitrogens with one attached hydrogen (secondary N) is 3. The number of amides is 2. The molecule has 0 saturated carbocycles. The molecule has 0 spiro atoms. The van der Waals surface area contributed by atoms with Gasteiger partial charge in [0.2, 0.25) is 0 Å². The van der Waals surface area contributed by atoms with E-state index in [1.807, 2.05) is 6.26 Å². The van der Waals surface area contributed by atoms with Crippen molar-refractivity contribution in [2.45, 2.75) is 38.8 Å². The van der Waals surface area contributed by atoms with E-state index in [1.54, 1.807) is 38.0 Å². The fraction of sp³-hybridized carbons (Fsp3) is 0.800. The van der Waals surface area contributed by atoms with Crippen molar-refractivity contribution < 1.29 is 19.5 Å². The van der Waals surface area contributed by atoms with Crippen LogP contribution in [0.2, 0.25) is 0 Å². The molecule has 18 heavy (non-hydrogen) atoms. The molecule has 0 rings (SSSR count). The lowest BCUT2D eigenvalue weighted by Gasteiger charge is -2.22. The van der Waals surface area contributed by atoms with Gasteiger partial charge in [0.1, 0.15) is 11.6 Å². The number of rotatable bonds is 6. The van der Waals surface area contributed by atoms with Crippen LogP contribution < -0.4 is 16.3 Å². The fourth-order valence-electron chi connectivity index (χ4n) is 1.03. The maximum atomic E-state index is 11.4. The molecule has 0 saturated heterocycles. The van der Waals surface area contributed by atoms with Crippen LogP contribution in [0.4, 0.5) is 4.79 Å². The highest BCUT2D eigenvalue weighted by atomic mass is 32.2. The van der Waals surface area contributed by atoms with Crippen LogP contribution in [0.25, 0.3) is 0 Å². The third-order valence-electron chi connectivity index (χ3n) is 1.78. The summed E-state index contributed by atoms with van der Waals surface area (Å²) in [6, 6.07) is -0.713. The lowest BCUT2D eigenvalue weighted by molar-refractivity contribution is -0.131. The maximum absolute atomic E-state index is 11.4. The van der Waals surface area contributed by atoms with Gasteiger partial charge in [0.25, 0.3) is 5.91 Å². The number of carbonyl (C=O) groups excluding carboxylic acids is 2. The van der Waals surface area contributed by atoms with Gasteiger partial charge in [0.05, 0.1) is 0 Å². The Morgan fingerprint density at radius 3 is 2.44 bits per heavy atom. The molecule has 0 aromatic rings. The van der Waals surface area contributed by atoms with Gasteiger partial charge in [0, 0.05) is 0 Å². The number of hydroxylamine groups is 1. The molecule has 0 aliphatic heterocycles. The highest BCUT2D eigenvalue weighted by molar-refractivity contribution is 7.98. The van der Waals surface area contributed by atoms with Crippen LogP contribution in [0.1, 0.15) is 27.2 Å². The van der Waals surface area contributed by atoms with Crippen LogP contribution in [-0.2, 0) is 9.53 Å². The second-order valence-electron chi connectivity index (χ2n) is 4.58. The van der Waals surface area contributed by atoms with Crippen molar-refractivity contribution in [2.75, 3.05) is 12.0 Å². The molecule has 0 aliphatic carbocycles. The average molecular weight is 279 g/mol. The summed E-state index contributed by atoms with van der Waals surface area (Å²) in [5.41, 5.74) is 5.72. The first kappa shape index (κ1) is 17.0. The quantitative estimate of drug-likeness (QED) is 0.421. The Bertz CT molecular complexity index is 281. The van der Waals surface area contributed by atoms with Crippen LogP contribution in [0.15, 0.2) is 0 Å². The van der Waals surface area contributed by atoms with Crippen molar-refractivity contribution in [3.8, 4) is 0 Å². The van der Waals surface area contributed by atoms with Gasteiger partial charge >= 0.3 is 6.09 Å². The lowest BCUT2D eigenvalue weighted by Crippen LogP contribution is -2.52. The smallest absolute Gasteiger partial charge is 0.422 e. The summed E-state index contributed by atoms with van der Waals surface area (Å²) in [5, 5.41) is 8.57. The molecule has 0 aromatic carbocycles.